The minimum absolute atomic E-state index is 0.000520. The summed E-state index contributed by atoms with van der Waals surface area (Å²) in [6, 6.07) is 0.215. The first-order chi connectivity index (χ1) is 28.0. The van der Waals surface area contributed by atoms with Crippen LogP contribution in [0.4, 0.5) is 0 Å². The number of carbonyl (C=O) groups excluding carboxylic acids is 3. The van der Waals surface area contributed by atoms with Gasteiger partial charge in [0.15, 0.2) is 0 Å². The van der Waals surface area contributed by atoms with Gasteiger partial charge in [0.2, 0.25) is 5.91 Å². The molecular weight excluding hydrogens is 748 g/mol. The predicted octanol–water partition coefficient (Wildman–Crippen LogP) is 5.98. The van der Waals surface area contributed by atoms with Crippen LogP contribution in [-0.4, -0.2) is 97.3 Å². The highest BCUT2D eigenvalue weighted by molar-refractivity contribution is 5.86. The van der Waals surface area contributed by atoms with Crippen molar-refractivity contribution in [3.63, 3.8) is 0 Å². The van der Waals surface area contributed by atoms with E-state index in [1.54, 1.807) is 0 Å². The van der Waals surface area contributed by atoms with Crippen molar-refractivity contribution < 1.29 is 58.0 Å². The largest absolute Gasteiger partial charge is 0.481 e. The molecule has 0 heterocycles. The lowest BCUT2D eigenvalue weighted by atomic mass is 9.72. The van der Waals surface area contributed by atoms with Crippen LogP contribution < -0.4 is 10.8 Å². The third kappa shape index (κ3) is 12.2. The Hall–Kier alpha value is -2.81. The van der Waals surface area contributed by atoms with Gasteiger partial charge in [0.05, 0.1) is 74.8 Å². The van der Waals surface area contributed by atoms with Gasteiger partial charge in [0.25, 0.3) is 0 Å². The van der Waals surface area contributed by atoms with E-state index in [0.717, 1.165) is 88.9 Å². The molecule has 0 aromatic carbocycles. The van der Waals surface area contributed by atoms with Crippen molar-refractivity contribution in [2.75, 3.05) is 20.8 Å². The Kier molecular flexibility index (Phi) is 16.7. The van der Waals surface area contributed by atoms with Crippen molar-refractivity contribution in [1.82, 2.24) is 10.8 Å². The lowest BCUT2D eigenvalue weighted by Gasteiger charge is -2.40. The minimum Gasteiger partial charge on any atom is -0.481 e. The number of amides is 1. The van der Waals surface area contributed by atoms with E-state index < -0.39 is 35.6 Å². The molecule has 6 fully saturated rings. The topological polar surface area (TPSA) is 196 Å². The molecule has 4 N–H and O–H groups in total. The minimum atomic E-state index is -0.977. The first-order valence-electron chi connectivity index (χ1n) is 22.6. The number of methoxy groups -OCH3 is 2. The molecule has 6 atom stereocenters. The molecule has 0 aromatic rings. The first kappa shape index (κ1) is 44.7. The Labute approximate surface area is 343 Å². The summed E-state index contributed by atoms with van der Waals surface area (Å²) in [6.45, 7) is 0.270. The number of aliphatic carboxylic acids is 2. The van der Waals surface area contributed by atoms with Crippen LogP contribution in [0, 0.1) is 47.3 Å². The van der Waals surface area contributed by atoms with Crippen LogP contribution in [0.1, 0.15) is 141 Å². The van der Waals surface area contributed by atoms with Gasteiger partial charge in [-0.25, -0.2) is 0 Å². The normalized spacial score (nSPS) is 38.5. The fourth-order valence-corrected chi connectivity index (χ4v) is 11.5. The average Bonchev–Trinajstić information content (AvgIpc) is 3.24. The summed E-state index contributed by atoms with van der Waals surface area (Å²) in [5.41, 5.74) is 3.19. The third-order valence-corrected chi connectivity index (χ3v) is 15.0. The molecule has 6 aliphatic rings. The van der Waals surface area contributed by atoms with Crippen molar-refractivity contribution >= 4 is 29.8 Å². The summed E-state index contributed by atoms with van der Waals surface area (Å²) in [5, 5.41) is 22.5. The highest BCUT2D eigenvalue weighted by atomic mass is 16.6. The van der Waals surface area contributed by atoms with Gasteiger partial charge in [0, 0.05) is 12.1 Å². The number of esters is 2. The number of rotatable bonds is 15. The van der Waals surface area contributed by atoms with Crippen LogP contribution in [0.25, 0.3) is 0 Å². The van der Waals surface area contributed by atoms with Gasteiger partial charge < -0.3 is 39.3 Å². The zero-order valence-corrected chi connectivity index (χ0v) is 34.8. The zero-order chi connectivity index (χ0) is 41.2. The molecule has 0 aromatic heterocycles. The number of carboxylic acids is 2. The maximum absolute atomic E-state index is 13.2. The van der Waals surface area contributed by atoms with E-state index in [4.69, 9.17) is 23.8 Å². The molecule has 328 valence electrons. The monoisotopic (exact) mass is 818 g/mol. The maximum Gasteiger partial charge on any atom is 0.308 e. The van der Waals surface area contributed by atoms with Crippen LogP contribution in [-0.2, 0) is 47.8 Å². The Morgan fingerprint density at radius 2 is 0.931 bits per heavy atom. The summed E-state index contributed by atoms with van der Waals surface area (Å²) in [5.74, 6) is -4.10. The lowest BCUT2D eigenvalue weighted by Crippen LogP contribution is -2.47. The second-order valence-corrected chi connectivity index (χ2v) is 18.6. The standard InChI is InChI=1S/C44H70N2O12/c1-54-43(52)28-7-21-37(41(48)49)30(23-28)25-56-46-32-11-19-36(20-12-32)58-34-15-5-27(6-16-34)26-3-13-33(14-4-26)57-35-17-9-31(10-18-35)45-40(47)39-24-29(44(53)55-2)8-22-38(39)42(50)51/h26-39,46H,3-25H2,1-2H3,(H,45,47)(H,48,49)(H,50,51). The molecule has 14 heteroatoms. The van der Waals surface area contributed by atoms with Gasteiger partial charge in [-0.1, -0.05) is 0 Å². The molecule has 1 amide bonds. The maximum atomic E-state index is 13.2. The fourth-order valence-electron chi connectivity index (χ4n) is 11.5. The van der Waals surface area contributed by atoms with Crippen molar-refractivity contribution in [3.8, 4) is 0 Å². The first-order valence-corrected chi connectivity index (χ1v) is 22.6. The second-order valence-electron chi connectivity index (χ2n) is 18.6. The van der Waals surface area contributed by atoms with Gasteiger partial charge in [-0.05, 0) is 159 Å². The molecule has 14 nitrogen and oxygen atoms in total. The van der Waals surface area contributed by atoms with E-state index in [1.807, 2.05) is 0 Å². The highest BCUT2D eigenvalue weighted by Crippen LogP contribution is 2.42. The Morgan fingerprint density at radius 1 is 0.500 bits per heavy atom. The van der Waals surface area contributed by atoms with Crippen LogP contribution in [0.15, 0.2) is 0 Å². The molecule has 0 aliphatic heterocycles. The van der Waals surface area contributed by atoms with Gasteiger partial charge in [0.1, 0.15) is 0 Å². The molecule has 6 aliphatic carbocycles. The van der Waals surface area contributed by atoms with E-state index >= 15 is 0 Å². The van der Waals surface area contributed by atoms with Crippen molar-refractivity contribution in [1.29, 1.82) is 0 Å². The number of hydrogen-bond donors (Lipinski definition) is 4. The second kappa shape index (κ2) is 21.6. The third-order valence-electron chi connectivity index (χ3n) is 15.0. The van der Waals surface area contributed by atoms with Crippen LogP contribution in [0.5, 0.6) is 0 Å². The molecule has 58 heavy (non-hydrogen) atoms. The molecule has 6 unspecified atom stereocenters. The molecule has 0 radical (unpaired) electrons. The number of ether oxygens (including phenoxy) is 4. The Balaban J connectivity index is 0.814. The highest BCUT2D eigenvalue weighted by Gasteiger charge is 2.43. The molecule has 0 spiro atoms. The Morgan fingerprint density at radius 3 is 1.40 bits per heavy atom. The lowest BCUT2D eigenvalue weighted by molar-refractivity contribution is -0.155. The molecule has 0 bridgehead atoms. The Bertz CT molecular complexity index is 1360. The summed E-state index contributed by atoms with van der Waals surface area (Å²) in [6.07, 6.45) is 20.2. The van der Waals surface area contributed by atoms with E-state index in [9.17, 15) is 34.2 Å². The number of hydroxylamine groups is 1. The van der Waals surface area contributed by atoms with Crippen molar-refractivity contribution in [2.45, 2.75) is 178 Å². The number of carboxylic acid groups (broad SMARTS) is 2. The molecule has 6 saturated carbocycles. The summed E-state index contributed by atoms with van der Waals surface area (Å²) in [7, 11) is 2.71. The van der Waals surface area contributed by atoms with Gasteiger partial charge >= 0.3 is 23.9 Å². The summed E-state index contributed by atoms with van der Waals surface area (Å²) < 4.78 is 23.0. The van der Waals surface area contributed by atoms with E-state index in [0.29, 0.717) is 44.3 Å². The van der Waals surface area contributed by atoms with E-state index in [-0.39, 0.29) is 67.0 Å². The van der Waals surface area contributed by atoms with E-state index in [1.165, 1.54) is 39.9 Å². The quantitative estimate of drug-likeness (QED) is 0.111. The van der Waals surface area contributed by atoms with Crippen LogP contribution in [0.2, 0.25) is 0 Å². The number of nitrogens with one attached hydrogen (secondary N) is 2. The fraction of sp³-hybridized carbons (Fsp3) is 0.886. The molecular formula is C44H70N2O12. The summed E-state index contributed by atoms with van der Waals surface area (Å²) in [4.78, 5) is 67.0. The van der Waals surface area contributed by atoms with Crippen molar-refractivity contribution in [2.24, 2.45) is 47.3 Å². The molecule has 6 rings (SSSR count). The predicted molar refractivity (Wildman–Crippen MR) is 211 cm³/mol. The SMILES string of the molecule is COC(=O)C1CCC(C(=O)O)C(CONC2CCC(OC3CCC(C4CCC(OC5CCC(NC(=O)C6CC(C(=O)OC)CCC6C(=O)O)CC5)CC4)CC3)CC2)C1. The van der Waals surface area contributed by atoms with E-state index in [2.05, 4.69) is 10.8 Å². The smallest absolute Gasteiger partial charge is 0.308 e. The zero-order valence-electron chi connectivity index (χ0n) is 34.8. The van der Waals surface area contributed by atoms with Gasteiger partial charge in [-0.15, -0.1) is 0 Å². The van der Waals surface area contributed by atoms with Crippen molar-refractivity contribution in [3.05, 3.63) is 0 Å². The van der Waals surface area contributed by atoms with Crippen LogP contribution in [0.3, 0.4) is 0 Å². The average molecular weight is 819 g/mol. The van der Waals surface area contributed by atoms with Crippen LogP contribution >= 0.6 is 0 Å². The van der Waals surface area contributed by atoms with Gasteiger partial charge in [-0.2, -0.15) is 5.48 Å². The van der Waals surface area contributed by atoms with Gasteiger partial charge in [-0.3, -0.25) is 24.0 Å². The number of hydrogen-bond acceptors (Lipinski definition) is 11. The molecule has 0 saturated heterocycles. The summed E-state index contributed by atoms with van der Waals surface area (Å²) >= 11 is 0. The number of carbonyl (C=O) groups is 5.